The van der Waals surface area contributed by atoms with Gasteiger partial charge in [-0.25, -0.2) is 0 Å². The first-order chi connectivity index (χ1) is 7.31. The summed E-state index contributed by atoms with van der Waals surface area (Å²) < 4.78 is 5.37. The number of nitrogens with one attached hydrogen (secondary N) is 1. The first kappa shape index (κ1) is 10.7. The largest absolute Gasteiger partial charge is 0.468 e. The van der Waals surface area contributed by atoms with E-state index < -0.39 is 0 Å². The zero-order valence-corrected chi connectivity index (χ0v) is 9.57. The van der Waals surface area contributed by atoms with Gasteiger partial charge in [0.2, 0.25) is 0 Å². The monoisotopic (exact) mass is 208 g/mol. The lowest BCUT2D eigenvalue weighted by Crippen LogP contribution is -2.37. The molecule has 0 saturated carbocycles. The SMILES string of the molecule is CCC1CNCC1N(C)Cc1ccco1. The van der Waals surface area contributed by atoms with Gasteiger partial charge in [-0.3, -0.25) is 4.90 Å². The third-order valence-corrected chi connectivity index (χ3v) is 3.38. The summed E-state index contributed by atoms with van der Waals surface area (Å²) in [6.07, 6.45) is 2.99. The predicted octanol–water partition coefficient (Wildman–Crippen LogP) is 1.71. The predicted molar refractivity (Wildman–Crippen MR) is 60.6 cm³/mol. The highest BCUT2D eigenvalue weighted by Crippen LogP contribution is 2.19. The molecular weight excluding hydrogens is 188 g/mol. The molecule has 0 aromatic carbocycles. The fourth-order valence-electron chi connectivity index (χ4n) is 2.42. The third-order valence-electron chi connectivity index (χ3n) is 3.38. The second-order valence-electron chi connectivity index (χ2n) is 4.39. The van der Waals surface area contributed by atoms with E-state index in [-0.39, 0.29) is 0 Å². The van der Waals surface area contributed by atoms with Gasteiger partial charge in [-0.2, -0.15) is 0 Å². The van der Waals surface area contributed by atoms with E-state index in [1.165, 1.54) is 6.42 Å². The van der Waals surface area contributed by atoms with Crippen LogP contribution in [0.15, 0.2) is 22.8 Å². The average Bonchev–Trinajstić information content (AvgIpc) is 2.86. The molecule has 2 atom stereocenters. The normalized spacial score (nSPS) is 26.3. The Morgan fingerprint density at radius 2 is 2.40 bits per heavy atom. The molecular formula is C12H20N2O. The van der Waals surface area contributed by atoms with Crippen LogP contribution in [0.4, 0.5) is 0 Å². The molecule has 1 aromatic heterocycles. The summed E-state index contributed by atoms with van der Waals surface area (Å²) in [6.45, 7) is 5.45. The minimum atomic E-state index is 0.653. The molecule has 0 amide bonds. The average molecular weight is 208 g/mol. The van der Waals surface area contributed by atoms with E-state index in [0.29, 0.717) is 6.04 Å². The van der Waals surface area contributed by atoms with Gasteiger partial charge in [-0.15, -0.1) is 0 Å². The molecule has 15 heavy (non-hydrogen) atoms. The first-order valence-corrected chi connectivity index (χ1v) is 5.74. The van der Waals surface area contributed by atoms with Crippen molar-refractivity contribution in [2.45, 2.75) is 25.9 Å². The van der Waals surface area contributed by atoms with Crippen LogP contribution in [0.2, 0.25) is 0 Å². The van der Waals surface area contributed by atoms with Crippen molar-refractivity contribution in [3.05, 3.63) is 24.2 Å². The van der Waals surface area contributed by atoms with Crippen molar-refractivity contribution in [3.8, 4) is 0 Å². The molecule has 0 bridgehead atoms. The van der Waals surface area contributed by atoms with Crippen molar-refractivity contribution in [1.29, 1.82) is 0 Å². The van der Waals surface area contributed by atoms with Crippen LogP contribution in [0.1, 0.15) is 19.1 Å². The number of rotatable bonds is 4. The lowest BCUT2D eigenvalue weighted by molar-refractivity contribution is 0.187. The zero-order chi connectivity index (χ0) is 10.7. The van der Waals surface area contributed by atoms with Crippen LogP contribution in [0.3, 0.4) is 0 Å². The number of furan rings is 1. The van der Waals surface area contributed by atoms with Gasteiger partial charge in [0.05, 0.1) is 12.8 Å². The van der Waals surface area contributed by atoms with Gasteiger partial charge >= 0.3 is 0 Å². The van der Waals surface area contributed by atoms with Crippen molar-refractivity contribution < 1.29 is 4.42 Å². The van der Waals surface area contributed by atoms with Gasteiger partial charge in [-0.05, 0) is 31.6 Å². The van der Waals surface area contributed by atoms with Gasteiger partial charge < -0.3 is 9.73 Å². The molecule has 2 heterocycles. The minimum absolute atomic E-state index is 0.653. The molecule has 2 rings (SSSR count). The lowest BCUT2D eigenvalue weighted by Gasteiger charge is -2.27. The van der Waals surface area contributed by atoms with Crippen LogP contribution >= 0.6 is 0 Å². The Labute approximate surface area is 91.4 Å². The number of likely N-dealkylation sites (N-methyl/N-ethyl adjacent to an activating group) is 1. The molecule has 1 aliphatic heterocycles. The highest BCUT2D eigenvalue weighted by atomic mass is 16.3. The topological polar surface area (TPSA) is 28.4 Å². The van der Waals surface area contributed by atoms with Crippen LogP contribution in [0.25, 0.3) is 0 Å². The van der Waals surface area contributed by atoms with Gasteiger partial charge in [0, 0.05) is 12.6 Å². The second-order valence-corrected chi connectivity index (χ2v) is 4.39. The van der Waals surface area contributed by atoms with Crippen molar-refractivity contribution in [2.75, 3.05) is 20.1 Å². The quantitative estimate of drug-likeness (QED) is 0.816. The van der Waals surface area contributed by atoms with E-state index in [9.17, 15) is 0 Å². The standard InChI is InChI=1S/C12H20N2O/c1-3-10-7-13-8-12(10)14(2)9-11-5-4-6-15-11/h4-6,10,12-13H,3,7-9H2,1-2H3. The van der Waals surface area contributed by atoms with E-state index in [0.717, 1.165) is 31.3 Å². The lowest BCUT2D eigenvalue weighted by atomic mass is 10.00. The van der Waals surface area contributed by atoms with Crippen LogP contribution in [0, 0.1) is 5.92 Å². The maximum atomic E-state index is 5.37. The fraction of sp³-hybridized carbons (Fsp3) is 0.667. The number of hydrogen-bond acceptors (Lipinski definition) is 3. The molecule has 3 heteroatoms. The highest BCUT2D eigenvalue weighted by molar-refractivity contribution is 4.99. The zero-order valence-electron chi connectivity index (χ0n) is 9.57. The summed E-state index contributed by atoms with van der Waals surface area (Å²) in [5.41, 5.74) is 0. The molecule has 1 aromatic rings. The van der Waals surface area contributed by atoms with E-state index in [1.807, 2.05) is 12.1 Å². The highest BCUT2D eigenvalue weighted by Gasteiger charge is 2.28. The molecule has 3 nitrogen and oxygen atoms in total. The summed E-state index contributed by atoms with van der Waals surface area (Å²) in [4.78, 5) is 2.40. The fourth-order valence-corrected chi connectivity index (χ4v) is 2.42. The van der Waals surface area contributed by atoms with E-state index in [2.05, 4.69) is 24.2 Å². The Kier molecular flexibility index (Phi) is 3.44. The van der Waals surface area contributed by atoms with Gasteiger partial charge in [-0.1, -0.05) is 13.3 Å². The number of hydrogen-bond donors (Lipinski definition) is 1. The summed E-state index contributed by atoms with van der Waals surface area (Å²) in [6, 6.07) is 4.65. The maximum absolute atomic E-state index is 5.37. The van der Waals surface area contributed by atoms with Crippen molar-refractivity contribution >= 4 is 0 Å². The molecule has 1 fully saturated rings. The molecule has 1 aliphatic rings. The van der Waals surface area contributed by atoms with Crippen molar-refractivity contribution in [1.82, 2.24) is 10.2 Å². The molecule has 2 unspecified atom stereocenters. The Morgan fingerprint density at radius 3 is 3.07 bits per heavy atom. The van der Waals surface area contributed by atoms with Crippen LogP contribution in [-0.4, -0.2) is 31.1 Å². The molecule has 1 saturated heterocycles. The summed E-state index contributed by atoms with van der Waals surface area (Å²) in [5.74, 6) is 1.84. The molecule has 1 N–H and O–H groups in total. The Balaban J connectivity index is 1.92. The van der Waals surface area contributed by atoms with Crippen LogP contribution in [-0.2, 0) is 6.54 Å². The van der Waals surface area contributed by atoms with Gasteiger partial charge in [0.1, 0.15) is 5.76 Å². The van der Waals surface area contributed by atoms with E-state index in [1.54, 1.807) is 6.26 Å². The van der Waals surface area contributed by atoms with E-state index >= 15 is 0 Å². The Morgan fingerprint density at radius 1 is 1.53 bits per heavy atom. The van der Waals surface area contributed by atoms with Crippen molar-refractivity contribution in [2.24, 2.45) is 5.92 Å². The first-order valence-electron chi connectivity index (χ1n) is 5.74. The summed E-state index contributed by atoms with van der Waals surface area (Å²) >= 11 is 0. The summed E-state index contributed by atoms with van der Waals surface area (Å²) in [5, 5.41) is 3.46. The Hall–Kier alpha value is -0.800. The van der Waals surface area contributed by atoms with E-state index in [4.69, 9.17) is 4.42 Å². The third kappa shape index (κ3) is 2.41. The maximum Gasteiger partial charge on any atom is 0.117 e. The Bertz CT molecular complexity index is 284. The number of nitrogens with zero attached hydrogens (tertiary/aromatic N) is 1. The summed E-state index contributed by atoms with van der Waals surface area (Å²) in [7, 11) is 2.18. The minimum Gasteiger partial charge on any atom is -0.468 e. The van der Waals surface area contributed by atoms with Gasteiger partial charge in [0.25, 0.3) is 0 Å². The molecule has 0 aliphatic carbocycles. The van der Waals surface area contributed by atoms with Crippen LogP contribution in [0.5, 0.6) is 0 Å². The van der Waals surface area contributed by atoms with Crippen molar-refractivity contribution in [3.63, 3.8) is 0 Å². The molecule has 0 radical (unpaired) electrons. The van der Waals surface area contributed by atoms with Gasteiger partial charge in [0.15, 0.2) is 0 Å². The smallest absolute Gasteiger partial charge is 0.117 e. The second kappa shape index (κ2) is 4.81. The molecule has 0 spiro atoms. The molecule has 84 valence electrons. The van der Waals surface area contributed by atoms with Crippen LogP contribution < -0.4 is 5.32 Å².